The van der Waals surface area contributed by atoms with Crippen LogP contribution in [0.3, 0.4) is 0 Å². The van der Waals surface area contributed by atoms with Crippen LogP contribution in [0.2, 0.25) is 0 Å². The zero-order valence-electron chi connectivity index (χ0n) is 27.2. The van der Waals surface area contributed by atoms with Gasteiger partial charge in [-0.3, -0.25) is 0 Å². The lowest BCUT2D eigenvalue weighted by Gasteiger charge is -2.33. The van der Waals surface area contributed by atoms with Gasteiger partial charge in [0, 0.05) is 16.7 Å². The first-order valence-electron chi connectivity index (χ1n) is 16.8. The van der Waals surface area contributed by atoms with Crippen molar-refractivity contribution in [1.82, 2.24) is 0 Å². The maximum absolute atomic E-state index is 2.48. The molecule has 0 N–H and O–H groups in total. The van der Waals surface area contributed by atoms with E-state index in [4.69, 9.17) is 0 Å². The van der Waals surface area contributed by atoms with E-state index in [0.29, 0.717) is 0 Å². The van der Waals surface area contributed by atoms with E-state index in [1.54, 1.807) is 0 Å². The van der Waals surface area contributed by atoms with Crippen molar-refractivity contribution in [3.05, 3.63) is 212 Å². The van der Waals surface area contributed by atoms with Gasteiger partial charge in [0.25, 0.3) is 0 Å². The van der Waals surface area contributed by atoms with E-state index in [2.05, 4.69) is 217 Å². The van der Waals surface area contributed by atoms with E-state index >= 15 is 0 Å². The predicted octanol–water partition coefficient (Wildman–Crippen LogP) is 13.5. The molecule has 232 valence electrons. The summed E-state index contributed by atoms with van der Waals surface area (Å²) in [5.74, 6) is 0. The molecular formula is C48H35N. The Balaban J connectivity index is 1.50. The van der Waals surface area contributed by atoms with Crippen LogP contribution < -0.4 is 4.90 Å². The highest BCUT2D eigenvalue weighted by Crippen LogP contribution is 2.51. The van der Waals surface area contributed by atoms with Crippen LogP contribution in [0.25, 0.3) is 55.6 Å². The SMILES string of the molecule is c1ccc(-c2ccccc2-c2c(-c3ccccc3)cccc2N(c2ccccc2-c2ccccc2)c2ccccc2-c2ccccc2)cc1. The number of anilines is 3. The van der Waals surface area contributed by atoms with Crippen LogP contribution in [0.4, 0.5) is 17.1 Å². The van der Waals surface area contributed by atoms with E-state index in [1.807, 2.05) is 0 Å². The van der Waals surface area contributed by atoms with Crippen molar-refractivity contribution in [3.63, 3.8) is 0 Å². The summed E-state index contributed by atoms with van der Waals surface area (Å²) in [7, 11) is 0. The normalized spacial score (nSPS) is 10.9. The van der Waals surface area contributed by atoms with Crippen LogP contribution >= 0.6 is 0 Å². The van der Waals surface area contributed by atoms with Crippen LogP contribution in [0, 0.1) is 0 Å². The molecule has 0 aliphatic heterocycles. The molecule has 0 fully saturated rings. The Labute approximate surface area is 289 Å². The van der Waals surface area contributed by atoms with E-state index in [1.165, 1.54) is 55.6 Å². The number of benzene rings is 8. The van der Waals surface area contributed by atoms with Crippen molar-refractivity contribution in [2.45, 2.75) is 0 Å². The van der Waals surface area contributed by atoms with Gasteiger partial charge in [-0.25, -0.2) is 0 Å². The molecule has 0 atom stereocenters. The summed E-state index contributed by atoms with van der Waals surface area (Å²) in [5, 5.41) is 0. The van der Waals surface area contributed by atoms with E-state index < -0.39 is 0 Å². The van der Waals surface area contributed by atoms with E-state index in [-0.39, 0.29) is 0 Å². The third-order valence-electron chi connectivity index (χ3n) is 9.11. The van der Waals surface area contributed by atoms with Crippen LogP contribution in [0.5, 0.6) is 0 Å². The average Bonchev–Trinajstić information content (AvgIpc) is 3.20. The Hall–Kier alpha value is -6.44. The molecule has 0 aliphatic carbocycles. The first-order chi connectivity index (χ1) is 24.4. The van der Waals surface area contributed by atoms with Crippen molar-refractivity contribution >= 4 is 17.1 Å². The molecule has 0 aliphatic rings. The van der Waals surface area contributed by atoms with Crippen molar-refractivity contribution in [1.29, 1.82) is 0 Å². The van der Waals surface area contributed by atoms with E-state index in [0.717, 1.165) is 17.1 Å². The third kappa shape index (κ3) is 5.95. The summed E-state index contributed by atoms with van der Waals surface area (Å²) in [4.78, 5) is 2.48. The van der Waals surface area contributed by atoms with Crippen LogP contribution in [-0.4, -0.2) is 0 Å². The Kier molecular flexibility index (Phi) is 8.39. The molecule has 1 heteroatoms. The Morgan fingerprint density at radius 2 is 0.510 bits per heavy atom. The lowest BCUT2D eigenvalue weighted by molar-refractivity contribution is 1.28. The largest absolute Gasteiger partial charge is 0.309 e. The molecule has 0 heterocycles. The molecule has 8 aromatic carbocycles. The van der Waals surface area contributed by atoms with Crippen LogP contribution in [0.1, 0.15) is 0 Å². The minimum absolute atomic E-state index is 1.11. The van der Waals surface area contributed by atoms with E-state index in [9.17, 15) is 0 Å². The van der Waals surface area contributed by atoms with Gasteiger partial charge in [-0.15, -0.1) is 0 Å². The fourth-order valence-electron chi connectivity index (χ4n) is 6.89. The number of hydrogen-bond acceptors (Lipinski definition) is 1. The fourth-order valence-corrected chi connectivity index (χ4v) is 6.89. The quantitative estimate of drug-likeness (QED) is 0.162. The second kappa shape index (κ2) is 13.7. The van der Waals surface area contributed by atoms with Crippen molar-refractivity contribution in [3.8, 4) is 55.6 Å². The predicted molar refractivity (Wildman–Crippen MR) is 208 cm³/mol. The number of para-hydroxylation sites is 2. The molecule has 8 aromatic rings. The summed E-state index contributed by atoms with van der Waals surface area (Å²) in [6, 6.07) is 76.1. The minimum Gasteiger partial charge on any atom is -0.309 e. The van der Waals surface area contributed by atoms with Crippen molar-refractivity contribution in [2.24, 2.45) is 0 Å². The van der Waals surface area contributed by atoms with Gasteiger partial charge in [0.2, 0.25) is 0 Å². The molecule has 1 nitrogen and oxygen atoms in total. The standard InChI is InChI=1S/C48H35N/c1-5-20-36(21-6-1)40-28-13-14-31-44(40)48-43(39-26-11-4-12-27-39)32-19-35-47(48)49(45-33-17-15-29-41(45)37-22-7-2-8-23-37)46-34-18-16-30-42(46)38-24-9-3-10-25-38/h1-35H. The molecule has 0 unspecified atom stereocenters. The molecule has 0 aromatic heterocycles. The molecule has 8 rings (SSSR count). The molecule has 0 radical (unpaired) electrons. The highest BCUT2D eigenvalue weighted by atomic mass is 15.1. The summed E-state index contributed by atoms with van der Waals surface area (Å²) >= 11 is 0. The zero-order valence-corrected chi connectivity index (χ0v) is 27.2. The Morgan fingerprint density at radius 1 is 0.204 bits per heavy atom. The molecule has 0 bridgehead atoms. The first-order valence-corrected chi connectivity index (χ1v) is 16.8. The van der Waals surface area contributed by atoms with Gasteiger partial charge in [0.1, 0.15) is 0 Å². The molecular weight excluding hydrogens is 591 g/mol. The fraction of sp³-hybridized carbons (Fsp3) is 0. The number of nitrogens with zero attached hydrogens (tertiary/aromatic N) is 1. The average molecular weight is 626 g/mol. The summed E-state index contributed by atoms with van der Waals surface area (Å²) < 4.78 is 0. The third-order valence-corrected chi connectivity index (χ3v) is 9.11. The number of hydrogen-bond donors (Lipinski definition) is 0. The highest BCUT2D eigenvalue weighted by Gasteiger charge is 2.25. The lowest BCUT2D eigenvalue weighted by atomic mass is 9.87. The summed E-state index contributed by atoms with van der Waals surface area (Å²) in [6.45, 7) is 0. The molecule has 49 heavy (non-hydrogen) atoms. The van der Waals surface area contributed by atoms with Crippen LogP contribution in [-0.2, 0) is 0 Å². The second-order valence-corrected chi connectivity index (χ2v) is 12.1. The number of rotatable bonds is 8. The van der Waals surface area contributed by atoms with Gasteiger partial charge >= 0.3 is 0 Å². The van der Waals surface area contributed by atoms with Gasteiger partial charge < -0.3 is 4.90 Å². The van der Waals surface area contributed by atoms with Gasteiger partial charge in [-0.2, -0.15) is 0 Å². The topological polar surface area (TPSA) is 3.24 Å². The van der Waals surface area contributed by atoms with Gasteiger partial charge in [0.15, 0.2) is 0 Å². The Morgan fingerprint density at radius 3 is 0.980 bits per heavy atom. The zero-order chi connectivity index (χ0) is 32.8. The van der Waals surface area contributed by atoms with Gasteiger partial charge in [0.05, 0.1) is 17.1 Å². The monoisotopic (exact) mass is 625 g/mol. The molecule has 0 spiro atoms. The smallest absolute Gasteiger partial charge is 0.0547 e. The minimum atomic E-state index is 1.11. The lowest BCUT2D eigenvalue weighted by Crippen LogP contribution is -2.14. The molecule has 0 saturated heterocycles. The second-order valence-electron chi connectivity index (χ2n) is 12.1. The maximum Gasteiger partial charge on any atom is 0.0547 e. The summed E-state index contributed by atoms with van der Waals surface area (Å²) in [6.07, 6.45) is 0. The Bertz CT molecular complexity index is 2230. The van der Waals surface area contributed by atoms with Crippen LogP contribution in [0.15, 0.2) is 212 Å². The molecule has 0 saturated carbocycles. The maximum atomic E-state index is 2.48. The highest BCUT2D eigenvalue weighted by molar-refractivity contribution is 6.04. The van der Waals surface area contributed by atoms with Crippen molar-refractivity contribution in [2.75, 3.05) is 4.90 Å². The van der Waals surface area contributed by atoms with Crippen molar-refractivity contribution < 1.29 is 0 Å². The van der Waals surface area contributed by atoms with Gasteiger partial charge in [-0.1, -0.05) is 194 Å². The molecule has 0 amide bonds. The van der Waals surface area contributed by atoms with Gasteiger partial charge in [-0.05, 0) is 57.1 Å². The first kappa shape index (κ1) is 29.9. The summed E-state index contributed by atoms with van der Waals surface area (Å²) in [5.41, 5.74) is 15.1.